The molecule has 7 nitrogen and oxygen atoms in total. The minimum absolute atomic E-state index is 0.0837. The van der Waals surface area contributed by atoms with Crippen molar-refractivity contribution >= 4 is 27.5 Å². The zero-order valence-electron chi connectivity index (χ0n) is 13.3. The number of halogens is 1. The number of carbonyl (C=O) groups excluding carboxylic acids is 1. The van der Waals surface area contributed by atoms with E-state index in [1.807, 2.05) is 0 Å². The van der Waals surface area contributed by atoms with Crippen LogP contribution in [0.4, 0.5) is 4.79 Å². The molecule has 1 atom stereocenters. The van der Waals surface area contributed by atoms with Gasteiger partial charge < -0.3 is 9.64 Å². The van der Waals surface area contributed by atoms with Crippen molar-refractivity contribution in [3.63, 3.8) is 0 Å². The second-order valence-electron chi connectivity index (χ2n) is 6.54. The average Bonchev–Trinajstić information content (AvgIpc) is 2.84. The Morgan fingerprint density at radius 2 is 2.13 bits per heavy atom. The maximum absolute atomic E-state index is 12.4. The average molecular weight is 362 g/mol. The Labute approximate surface area is 140 Å². The summed E-state index contributed by atoms with van der Waals surface area (Å²) in [5.74, 6) is -0.235. The molecule has 0 aromatic carbocycles. The van der Waals surface area contributed by atoms with Crippen LogP contribution in [0, 0.1) is 5.92 Å². The molecule has 0 saturated carbocycles. The van der Waals surface area contributed by atoms with E-state index >= 15 is 0 Å². The first-order chi connectivity index (χ1) is 10.6. The third-order valence-electron chi connectivity index (χ3n) is 3.32. The summed E-state index contributed by atoms with van der Waals surface area (Å²) in [7, 11) is -3.56. The fourth-order valence-corrected chi connectivity index (χ4v) is 4.12. The van der Waals surface area contributed by atoms with Gasteiger partial charge in [-0.3, -0.25) is 0 Å². The maximum atomic E-state index is 12.4. The fraction of sp³-hybridized carbons (Fsp3) is 0.643. The lowest BCUT2D eigenvalue weighted by Crippen LogP contribution is -2.35. The Bertz CT molecular complexity index is 688. The largest absolute Gasteiger partial charge is 0.444 e. The lowest BCUT2D eigenvalue weighted by atomic mass is 10.2. The summed E-state index contributed by atoms with van der Waals surface area (Å²) in [6, 6.07) is 1.23. The van der Waals surface area contributed by atoms with E-state index in [4.69, 9.17) is 16.3 Å². The van der Waals surface area contributed by atoms with Crippen molar-refractivity contribution in [1.29, 1.82) is 0 Å². The maximum Gasteiger partial charge on any atom is 0.410 e. The minimum atomic E-state index is -3.56. The van der Waals surface area contributed by atoms with Gasteiger partial charge in [0.25, 0.3) is 0 Å². The van der Waals surface area contributed by atoms with Crippen LogP contribution in [-0.2, 0) is 14.6 Å². The molecule has 1 aliphatic rings. The first-order valence-corrected chi connectivity index (χ1v) is 9.28. The molecular weight excluding hydrogens is 342 g/mol. The molecule has 0 N–H and O–H groups in total. The number of aromatic nitrogens is 2. The first kappa shape index (κ1) is 17.9. The minimum Gasteiger partial charge on any atom is -0.444 e. The van der Waals surface area contributed by atoms with Gasteiger partial charge in [-0.2, -0.15) is 0 Å². The number of carbonyl (C=O) groups is 1. The smallest absolute Gasteiger partial charge is 0.410 e. The molecule has 128 valence electrons. The molecule has 1 amide bonds. The number of amides is 1. The Morgan fingerprint density at radius 1 is 1.43 bits per heavy atom. The van der Waals surface area contributed by atoms with E-state index in [-0.39, 0.29) is 21.8 Å². The van der Waals surface area contributed by atoms with E-state index < -0.39 is 21.5 Å². The number of rotatable bonds is 3. The predicted molar refractivity (Wildman–Crippen MR) is 85.0 cm³/mol. The molecule has 2 rings (SSSR count). The zero-order valence-corrected chi connectivity index (χ0v) is 14.9. The second kappa shape index (κ2) is 6.60. The molecule has 1 aliphatic heterocycles. The van der Waals surface area contributed by atoms with Gasteiger partial charge >= 0.3 is 6.09 Å². The summed E-state index contributed by atoms with van der Waals surface area (Å²) >= 11 is 5.71. The summed E-state index contributed by atoms with van der Waals surface area (Å²) in [6.07, 6.45) is 1.32. The van der Waals surface area contributed by atoms with Crippen LogP contribution in [0.2, 0.25) is 5.15 Å². The lowest BCUT2D eigenvalue weighted by Gasteiger charge is -2.24. The van der Waals surface area contributed by atoms with E-state index in [0.717, 1.165) is 6.33 Å². The van der Waals surface area contributed by atoms with E-state index in [1.165, 1.54) is 6.07 Å². The Kier molecular flexibility index (Phi) is 5.15. The highest BCUT2D eigenvalue weighted by Crippen LogP contribution is 2.23. The molecule has 23 heavy (non-hydrogen) atoms. The van der Waals surface area contributed by atoms with Crippen LogP contribution < -0.4 is 0 Å². The first-order valence-electron chi connectivity index (χ1n) is 7.25. The highest BCUT2D eigenvalue weighted by Gasteiger charge is 2.33. The number of nitrogens with zero attached hydrogens (tertiary/aromatic N) is 3. The van der Waals surface area contributed by atoms with Crippen molar-refractivity contribution in [2.75, 3.05) is 18.8 Å². The van der Waals surface area contributed by atoms with Crippen molar-refractivity contribution in [2.24, 2.45) is 5.92 Å². The van der Waals surface area contributed by atoms with Crippen LogP contribution in [0.1, 0.15) is 27.2 Å². The fourth-order valence-electron chi connectivity index (χ4n) is 2.34. The molecule has 1 fully saturated rings. The summed E-state index contributed by atoms with van der Waals surface area (Å²) in [5.41, 5.74) is -0.570. The van der Waals surface area contributed by atoms with Crippen molar-refractivity contribution in [1.82, 2.24) is 14.9 Å². The highest BCUT2D eigenvalue weighted by molar-refractivity contribution is 7.91. The lowest BCUT2D eigenvalue weighted by molar-refractivity contribution is 0.0289. The normalized spacial score (nSPS) is 19.0. The summed E-state index contributed by atoms with van der Waals surface area (Å²) in [6.45, 7) is 6.22. The van der Waals surface area contributed by atoms with E-state index in [0.29, 0.717) is 19.5 Å². The van der Waals surface area contributed by atoms with Crippen LogP contribution in [0.25, 0.3) is 0 Å². The number of hydrogen-bond donors (Lipinski definition) is 0. The van der Waals surface area contributed by atoms with Gasteiger partial charge in [-0.15, -0.1) is 0 Å². The second-order valence-corrected chi connectivity index (χ2v) is 8.91. The molecule has 1 aromatic rings. The summed E-state index contributed by atoms with van der Waals surface area (Å²) < 4.78 is 30.0. The highest BCUT2D eigenvalue weighted by atomic mass is 35.5. The van der Waals surface area contributed by atoms with Crippen molar-refractivity contribution < 1.29 is 17.9 Å². The van der Waals surface area contributed by atoms with Gasteiger partial charge in [-0.1, -0.05) is 11.6 Å². The molecule has 1 saturated heterocycles. The van der Waals surface area contributed by atoms with Crippen molar-refractivity contribution in [3.8, 4) is 0 Å². The SMILES string of the molecule is CC(C)(C)OC(=O)N1CCC(CS(=O)(=O)c2cc(Cl)ncn2)C1. The molecule has 1 unspecified atom stereocenters. The van der Waals surface area contributed by atoms with Crippen LogP contribution in [0.3, 0.4) is 0 Å². The predicted octanol–water partition coefficient (Wildman–Crippen LogP) is 2.16. The van der Waals surface area contributed by atoms with Crippen molar-refractivity contribution in [3.05, 3.63) is 17.5 Å². The number of hydrogen-bond acceptors (Lipinski definition) is 6. The summed E-state index contributed by atoms with van der Waals surface area (Å²) in [5, 5.41) is -0.00593. The quantitative estimate of drug-likeness (QED) is 0.766. The summed E-state index contributed by atoms with van der Waals surface area (Å²) in [4.78, 5) is 21.0. The zero-order chi connectivity index (χ0) is 17.3. The van der Waals surface area contributed by atoms with Crippen molar-refractivity contribution in [2.45, 2.75) is 37.8 Å². The Balaban J connectivity index is 1.99. The van der Waals surface area contributed by atoms with Gasteiger partial charge in [-0.05, 0) is 33.1 Å². The van der Waals surface area contributed by atoms with Crippen LogP contribution in [0.15, 0.2) is 17.4 Å². The van der Waals surface area contributed by atoms with Crippen LogP contribution in [0.5, 0.6) is 0 Å². The topological polar surface area (TPSA) is 89.5 Å². The molecule has 0 aliphatic carbocycles. The van der Waals surface area contributed by atoms with E-state index in [9.17, 15) is 13.2 Å². The molecule has 0 bridgehead atoms. The third-order valence-corrected chi connectivity index (χ3v) is 5.30. The van der Waals surface area contributed by atoms with Crippen LogP contribution in [-0.4, -0.2) is 53.8 Å². The van der Waals surface area contributed by atoms with Gasteiger partial charge in [0.2, 0.25) is 0 Å². The number of likely N-dealkylation sites (tertiary alicyclic amines) is 1. The van der Waals surface area contributed by atoms with Gasteiger partial charge in [-0.25, -0.2) is 23.2 Å². The Hall–Kier alpha value is -1.41. The number of sulfone groups is 1. The van der Waals surface area contributed by atoms with Gasteiger partial charge in [0.15, 0.2) is 14.9 Å². The molecule has 9 heteroatoms. The third kappa shape index (κ3) is 5.04. The monoisotopic (exact) mass is 361 g/mol. The van der Waals surface area contributed by atoms with Crippen LogP contribution >= 0.6 is 11.6 Å². The Morgan fingerprint density at radius 3 is 2.74 bits per heavy atom. The molecule has 0 radical (unpaired) electrons. The van der Waals surface area contributed by atoms with E-state index in [2.05, 4.69) is 9.97 Å². The molecular formula is C14H20ClN3O4S. The standard InChI is InChI=1S/C14H20ClN3O4S/c1-14(2,3)22-13(19)18-5-4-10(7-18)8-23(20,21)12-6-11(15)16-9-17-12/h6,9-10H,4-5,7-8H2,1-3H3. The molecule has 0 spiro atoms. The van der Waals surface area contributed by atoms with Gasteiger partial charge in [0, 0.05) is 19.2 Å². The molecule has 2 heterocycles. The number of ether oxygens (including phenoxy) is 1. The van der Waals surface area contributed by atoms with Gasteiger partial charge in [0.1, 0.15) is 17.1 Å². The van der Waals surface area contributed by atoms with Gasteiger partial charge in [0.05, 0.1) is 5.75 Å². The molecule has 1 aromatic heterocycles. The van der Waals surface area contributed by atoms with E-state index in [1.54, 1.807) is 25.7 Å².